The highest BCUT2D eigenvalue weighted by molar-refractivity contribution is 9.10. The number of nitrogens with zero attached hydrogens (tertiary/aromatic N) is 1. The number of aliphatic carboxylic acids is 1. The molecule has 0 heterocycles. The highest BCUT2D eigenvalue weighted by atomic mass is 79.9. The van der Waals surface area contributed by atoms with Crippen LogP contribution in [0.4, 0.5) is 0 Å². The SMILES string of the molecule is O=C([O-])CN(Cc1ccc(Br)cc1)S(=O)(=O)c1ccc(Cl)cc1. The molecule has 23 heavy (non-hydrogen) atoms. The lowest BCUT2D eigenvalue weighted by atomic mass is 10.2. The third-order valence-corrected chi connectivity index (χ3v) is 5.62. The Morgan fingerprint density at radius 3 is 2.17 bits per heavy atom. The zero-order valence-corrected chi connectivity index (χ0v) is 14.9. The second-order valence-corrected chi connectivity index (χ2v) is 8.02. The predicted octanol–water partition coefficient (Wildman–Crippen LogP) is 2.04. The molecular weight excluding hydrogens is 406 g/mol. The highest BCUT2D eigenvalue weighted by Gasteiger charge is 2.24. The maximum absolute atomic E-state index is 12.6. The Balaban J connectivity index is 2.34. The molecule has 0 aromatic heterocycles. The van der Waals surface area contributed by atoms with Crippen molar-refractivity contribution in [3.8, 4) is 0 Å². The van der Waals surface area contributed by atoms with Crippen LogP contribution in [-0.2, 0) is 21.4 Å². The quantitative estimate of drug-likeness (QED) is 0.721. The molecule has 2 aromatic carbocycles. The number of carboxylic acid groups (broad SMARTS) is 1. The summed E-state index contributed by atoms with van der Waals surface area (Å²) in [7, 11) is -3.98. The summed E-state index contributed by atoms with van der Waals surface area (Å²) in [5.74, 6) is -1.47. The first-order valence-electron chi connectivity index (χ1n) is 6.49. The molecule has 8 heteroatoms. The van der Waals surface area contributed by atoms with Gasteiger partial charge >= 0.3 is 0 Å². The predicted molar refractivity (Wildman–Crippen MR) is 88.2 cm³/mol. The van der Waals surface area contributed by atoms with Gasteiger partial charge in [-0.25, -0.2) is 8.42 Å². The van der Waals surface area contributed by atoms with Gasteiger partial charge in [-0.2, -0.15) is 4.31 Å². The molecule has 0 saturated heterocycles. The van der Waals surface area contributed by atoms with E-state index in [-0.39, 0.29) is 11.4 Å². The number of sulfonamides is 1. The van der Waals surface area contributed by atoms with Gasteiger partial charge in [0.1, 0.15) is 0 Å². The van der Waals surface area contributed by atoms with Gasteiger partial charge in [0, 0.05) is 16.0 Å². The number of hydrogen-bond donors (Lipinski definition) is 0. The largest absolute Gasteiger partial charge is 0.549 e. The zero-order chi connectivity index (χ0) is 17.0. The van der Waals surface area contributed by atoms with Crippen LogP contribution in [0.5, 0.6) is 0 Å². The van der Waals surface area contributed by atoms with E-state index in [4.69, 9.17) is 11.6 Å². The van der Waals surface area contributed by atoms with E-state index in [9.17, 15) is 18.3 Å². The van der Waals surface area contributed by atoms with E-state index in [1.54, 1.807) is 24.3 Å². The number of halogens is 2. The molecule has 0 saturated carbocycles. The molecule has 0 aliphatic heterocycles. The molecule has 0 N–H and O–H groups in total. The summed E-state index contributed by atoms with van der Waals surface area (Å²) >= 11 is 9.04. The first-order valence-corrected chi connectivity index (χ1v) is 9.10. The lowest BCUT2D eigenvalue weighted by molar-refractivity contribution is -0.305. The topological polar surface area (TPSA) is 77.5 Å². The Bertz CT molecular complexity index is 791. The number of hydrogen-bond acceptors (Lipinski definition) is 4. The highest BCUT2D eigenvalue weighted by Crippen LogP contribution is 2.21. The van der Waals surface area contributed by atoms with Gasteiger partial charge in [-0.1, -0.05) is 39.7 Å². The van der Waals surface area contributed by atoms with Crippen LogP contribution in [-0.4, -0.2) is 25.2 Å². The van der Waals surface area contributed by atoms with E-state index >= 15 is 0 Å². The smallest absolute Gasteiger partial charge is 0.243 e. The van der Waals surface area contributed by atoms with E-state index in [2.05, 4.69) is 15.9 Å². The Morgan fingerprint density at radius 1 is 1.09 bits per heavy atom. The number of carbonyl (C=O) groups is 1. The van der Waals surface area contributed by atoms with Crippen molar-refractivity contribution in [1.29, 1.82) is 0 Å². The molecule has 122 valence electrons. The second-order valence-electron chi connectivity index (χ2n) is 4.73. The molecule has 5 nitrogen and oxygen atoms in total. The lowest BCUT2D eigenvalue weighted by Crippen LogP contribution is -2.41. The standard InChI is InChI=1S/C15H13BrClNO4S/c16-12-3-1-11(2-4-12)9-18(10-15(19)20)23(21,22)14-7-5-13(17)6-8-14/h1-8H,9-10H2,(H,19,20)/p-1. The first kappa shape index (κ1) is 17.9. The fourth-order valence-electron chi connectivity index (χ4n) is 1.92. The van der Waals surface area contributed by atoms with Gasteiger partial charge in [-0.15, -0.1) is 0 Å². The van der Waals surface area contributed by atoms with Crippen LogP contribution in [0.25, 0.3) is 0 Å². The van der Waals surface area contributed by atoms with Crippen LogP contribution in [0.3, 0.4) is 0 Å². The molecule has 0 aliphatic rings. The van der Waals surface area contributed by atoms with Crippen LogP contribution >= 0.6 is 27.5 Å². The molecule has 2 aromatic rings. The number of carboxylic acids is 1. The minimum atomic E-state index is -3.98. The normalized spacial score (nSPS) is 11.6. The monoisotopic (exact) mass is 416 g/mol. The van der Waals surface area contributed by atoms with Gasteiger partial charge in [-0.05, 0) is 42.0 Å². The molecule has 0 radical (unpaired) electrons. The van der Waals surface area contributed by atoms with Crippen molar-refractivity contribution >= 4 is 43.5 Å². The summed E-state index contributed by atoms with van der Waals surface area (Å²) in [4.78, 5) is 10.9. The van der Waals surface area contributed by atoms with Crippen LogP contribution in [0.1, 0.15) is 5.56 Å². The Morgan fingerprint density at radius 2 is 1.65 bits per heavy atom. The van der Waals surface area contributed by atoms with Crippen molar-refractivity contribution < 1.29 is 18.3 Å². The minimum absolute atomic E-state index is 0.0275. The van der Waals surface area contributed by atoms with Crippen LogP contribution in [0.2, 0.25) is 5.02 Å². The van der Waals surface area contributed by atoms with E-state index in [1.807, 2.05) is 0 Å². The molecule has 2 rings (SSSR count). The summed E-state index contributed by atoms with van der Waals surface area (Å²) in [5.41, 5.74) is 0.659. The Hall–Kier alpha value is -1.41. The molecule has 0 amide bonds. The van der Waals surface area contributed by atoms with Crippen molar-refractivity contribution in [2.24, 2.45) is 0 Å². The summed E-state index contributed by atoms with van der Waals surface area (Å²) < 4.78 is 27.0. The van der Waals surface area contributed by atoms with Gasteiger partial charge < -0.3 is 9.90 Å². The summed E-state index contributed by atoms with van der Waals surface area (Å²) in [6.45, 7) is -0.812. The number of benzene rings is 2. The first-order chi connectivity index (χ1) is 10.8. The molecule has 0 unspecified atom stereocenters. The molecule has 0 fully saturated rings. The third-order valence-electron chi connectivity index (χ3n) is 3.03. The van der Waals surface area contributed by atoms with Gasteiger partial charge in [0.05, 0.1) is 17.4 Å². The van der Waals surface area contributed by atoms with E-state index in [0.717, 1.165) is 8.78 Å². The fourth-order valence-corrected chi connectivity index (χ4v) is 3.68. The average Bonchev–Trinajstić information content (AvgIpc) is 2.49. The van der Waals surface area contributed by atoms with E-state index in [0.29, 0.717) is 10.6 Å². The van der Waals surface area contributed by atoms with Crippen molar-refractivity contribution in [3.05, 3.63) is 63.6 Å². The molecule has 0 bridgehead atoms. The van der Waals surface area contributed by atoms with Crippen molar-refractivity contribution in [1.82, 2.24) is 4.31 Å². The molecule has 0 atom stereocenters. The molecule has 0 spiro atoms. The fraction of sp³-hybridized carbons (Fsp3) is 0.133. The van der Waals surface area contributed by atoms with Gasteiger partial charge in [0.15, 0.2) is 0 Å². The molecule has 0 aliphatic carbocycles. The average molecular weight is 418 g/mol. The second kappa shape index (κ2) is 7.44. The summed E-state index contributed by atoms with van der Waals surface area (Å²) in [6, 6.07) is 12.5. The maximum atomic E-state index is 12.6. The van der Waals surface area contributed by atoms with Crippen molar-refractivity contribution in [2.45, 2.75) is 11.4 Å². The van der Waals surface area contributed by atoms with Gasteiger partial charge in [0.25, 0.3) is 0 Å². The van der Waals surface area contributed by atoms with Gasteiger partial charge in [0.2, 0.25) is 10.0 Å². The maximum Gasteiger partial charge on any atom is 0.243 e. The van der Waals surface area contributed by atoms with Crippen LogP contribution < -0.4 is 5.11 Å². The van der Waals surface area contributed by atoms with E-state index in [1.165, 1.54) is 24.3 Å². The number of carbonyl (C=O) groups excluding carboxylic acids is 1. The van der Waals surface area contributed by atoms with Gasteiger partial charge in [-0.3, -0.25) is 0 Å². The van der Waals surface area contributed by atoms with E-state index < -0.39 is 22.5 Å². The van der Waals surface area contributed by atoms with Crippen molar-refractivity contribution in [3.63, 3.8) is 0 Å². The van der Waals surface area contributed by atoms with Crippen LogP contribution in [0.15, 0.2) is 57.9 Å². The number of rotatable bonds is 6. The zero-order valence-electron chi connectivity index (χ0n) is 11.8. The Labute approximate surface area is 147 Å². The summed E-state index contributed by atoms with van der Waals surface area (Å²) in [6.07, 6.45) is 0. The summed E-state index contributed by atoms with van der Waals surface area (Å²) in [5, 5.41) is 11.3. The third kappa shape index (κ3) is 4.78. The minimum Gasteiger partial charge on any atom is -0.549 e. The van der Waals surface area contributed by atoms with Crippen molar-refractivity contribution in [2.75, 3.05) is 6.54 Å². The lowest BCUT2D eigenvalue weighted by Gasteiger charge is -2.23. The Kier molecular flexibility index (Phi) is 5.80. The molecular formula is C15H12BrClNO4S-. The van der Waals surface area contributed by atoms with Crippen LogP contribution in [0, 0.1) is 0 Å².